The maximum atomic E-state index is 5.24. The van der Waals surface area contributed by atoms with E-state index >= 15 is 0 Å². The minimum absolute atomic E-state index is 0.690. The molecule has 8 aromatic carbocycles. The molecule has 0 unspecified atom stereocenters. The Kier molecular flexibility index (Phi) is 7.78. The van der Waals surface area contributed by atoms with Crippen LogP contribution in [0.3, 0.4) is 0 Å². The third-order valence-electron chi connectivity index (χ3n) is 11.0. The molecule has 0 aliphatic rings. The van der Waals surface area contributed by atoms with E-state index in [-0.39, 0.29) is 0 Å². The summed E-state index contributed by atoms with van der Waals surface area (Å²) < 4.78 is 2.35. The van der Waals surface area contributed by atoms with Crippen molar-refractivity contribution in [1.29, 1.82) is 0 Å². The first-order valence-electron chi connectivity index (χ1n) is 19.3. The van der Waals surface area contributed by atoms with Gasteiger partial charge in [0.05, 0.1) is 33.6 Å². The van der Waals surface area contributed by atoms with Crippen molar-refractivity contribution in [2.75, 3.05) is 0 Å². The molecule has 266 valence electrons. The van der Waals surface area contributed by atoms with E-state index in [0.29, 0.717) is 5.82 Å². The summed E-state index contributed by atoms with van der Waals surface area (Å²) in [6.45, 7) is 0. The standard InChI is InChI=1S/C53H34N4/c1-3-15-37(16-4-1)52-45-24-8-7-23-44(45)51-41(25-14-26-46(51)54-52)35-29-31-36(32-30-35)47-34-48(56-53(55-47)38-17-5-2-6-18-38)39-19-13-20-40(33-39)57-49-27-11-9-21-42(49)43-22-10-12-28-50(43)57/h1-34H. The van der Waals surface area contributed by atoms with Crippen LogP contribution in [0, 0.1) is 0 Å². The minimum atomic E-state index is 0.690. The molecule has 4 nitrogen and oxygen atoms in total. The number of rotatable bonds is 6. The molecule has 0 N–H and O–H groups in total. The third-order valence-corrected chi connectivity index (χ3v) is 11.0. The molecule has 0 aliphatic heterocycles. The van der Waals surface area contributed by atoms with Gasteiger partial charge in [-0.1, -0.05) is 170 Å². The van der Waals surface area contributed by atoms with E-state index in [2.05, 4.69) is 187 Å². The second-order valence-corrected chi connectivity index (χ2v) is 14.4. The molecule has 0 spiro atoms. The van der Waals surface area contributed by atoms with E-state index < -0.39 is 0 Å². The van der Waals surface area contributed by atoms with Crippen LogP contribution in [0.25, 0.3) is 105 Å². The average molecular weight is 727 g/mol. The monoisotopic (exact) mass is 726 g/mol. The fraction of sp³-hybridized carbons (Fsp3) is 0. The Morgan fingerprint density at radius 2 is 0.877 bits per heavy atom. The summed E-state index contributed by atoms with van der Waals surface area (Å²) in [6.07, 6.45) is 0. The molecule has 0 saturated carbocycles. The maximum Gasteiger partial charge on any atom is 0.160 e. The lowest BCUT2D eigenvalue weighted by Gasteiger charge is -2.14. The molecule has 0 amide bonds. The SMILES string of the molecule is c1ccc(-c2nc(-c3ccc(-c4cccc5nc(-c6ccccc6)c6ccccc6c45)cc3)cc(-c3cccc(-n4c5ccccc5c5ccccc54)c3)n2)cc1. The van der Waals surface area contributed by atoms with Crippen LogP contribution in [0.15, 0.2) is 206 Å². The van der Waals surface area contributed by atoms with E-state index in [4.69, 9.17) is 15.0 Å². The molecule has 0 saturated heterocycles. The highest BCUT2D eigenvalue weighted by Crippen LogP contribution is 2.39. The van der Waals surface area contributed by atoms with Crippen molar-refractivity contribution in [3.63, 3.8) is 0 Å². The maximum absolute atomic E-state index is 5.24. The fourth-order valence-electron chi connectivity index (χ4n) is 8.35. The molecule has 0 fully saturated rings. The van der Waals surface area contributed by atoms with E-state index in [9.17, 15) is 0 Å². The Bertz CT molecular complexity index is 3220. The Morgan fingerprint density at radius 3 is 1.58 bits per heavy atom. The molecule has 0 bridgehead atoms. The van der Waals surface area contributed by atoms with Crippen molar-refractivity contribution in [3.05, 3.63) is 206 Å². The van der Waals surface area contributed by atoms with Crippen molar-refractivity contribution in [3.8, 4) is 62.0 Å². The highest BCUT2D eigenvalue weighted by atomic mass is 15.0. The van der Waals surface area contributed by atoms with Crippen LogP contribution in [0.2, 0.25) is 0 Å². The van der Waals surface area contributed by atoms with Gasteiger partial charge in [-0.05, 0) is 52.9 Å². The zero-order chi connectivity index (χ0) is 37.7. The molecule has 57 heavy (non-hydrogen) atoms. The van der Waals surface area contributed by atoms with Gasteiger partial charge in [0.2, 0.25) is 0 Å². The van der Waals surface area contributed by atoms with Gasteiger partial charge in [0.25, 0.3) is 0 Å². The van der Waals surface area contributed by atoms with Gasteiger partial charge in [0.15, 0.2) is 5.82 Å². The number of aromatic nitrogens is 4. The van der Waals surface area contributed by atoms with Gasteiger partial charge in [-0.25, -0.2) is 15.0 Å². The van der Waals surface area contributed by atoms with Crippen LogP contribution in [-0.4, -0.2) is 19.5 Å². The third kappa shape index (κ3) is 5.66. The number of benzene rings is 8. The van der Waals surface area contributed by atoms with Gasteiger partial charge < -0.3 is 4.57 Å². The number of fused-ring (bicyclic) bond motifs is 6. The van der Waals surface area contributed by atoms with Gasteiger partial charge in [0, 0.05) is 49.5 Å². The minimum Gasteiger partial charge on any atom is -0.309 e. The first-order chi connectivity index (χ1) is 28.3. The smallest absolute Gasteiger partial charge is 0.160 e. The lowest BCUT2D eigenvalue weighted by atomic mass is 9.93. The van der Waals surface area contributed by atoms with Gasteiger partial charge in [-0.15, -0.1) is 0 Å². The molecule has 4 heteroatoms. The lowest BCUT2D eigenvalue weighted by molar-refractivity contribution is 1.16. The molecule has 3 heterocycles. The Balaban J connectivity index is 1.03. The highest BCUT2D eigenvalue weighted by Gasteiger charge is 2.17. The number of hydrogen-bond donors (Lipinski definition) is 0. The molecule has 3 aromatic heterocycles. The summed E-state index contributed by atoms with van der Waals surface area (Å²) in [5, 5.41) is 5.96. The first-order valence-corrected chi connectivity index (χ1v) is 19.3. The van der Waals surface area contributed by atoms with Gasteiger partial charge >= 0.3 is 0 Å². The summed E-state index contributed by atoms with van der Waals surface area (Å²) in [4.78, 5) is 15.6. The van der Waals surface area contributed by atoms with Crippen LogP contribution in [0.4, 0.5) is 0 Å². The topological polar surface area (TPSA) is 43.6 Å². The van der Waals surface area contributed by atoms with Crippen molar-refractivity contribution in [2.24, 2.45) is 0 Å². The van der Waals surface area contributed by atoms with Gasteiger partial charge in [-0.2, -0.15) is 0 Å². The van der Waals surface area contributed by atoms with Crippen LogP contribution in [0.1, 0.15) is 0 Å². The molecule has 0 aliphatic carbocycles. The first kappa shape index (κ1) is 32.7. The van der Waals surface area contributed by atoms with E-state index in [0.717, 1.165) is 72.4 Å². The fourth-order valence-corrected chi connectivity index (χ4v) is 8.35. The average Bonchev–Trinajstić information content (AvgIpc) is 3.63. The van der Waals surface area contributed by atoms with E-state index in [1.54, 1.807) is 0 Å². The van der Waals surface area contributed by atoms with Crippen LogP contribution in [0.5, 0.6) is 0 Å². The summed E-state index contributed by atoms with van der Waals surface area (Å²) >= 11 is 0. The predicted molar refractivity (Wildman–Crippen MR) is 236 cm³/mol. The van der Waals surface area contributed by atoms with Crippen molar-refractivity contribution in [2.45, 2.75) is 0 Å². The second kappa shape index (κ2) is 13.6. The highest BCUT2D eigenvalue weighted by molar-refractivity contribution is 6.16. The second-order valence-electron chi connectivity index (χ2n) is 14.4. The molecule has 0 radical (unpaired) electrons. The summed E-state index contributed by atoms with van der Waals surface area (Å²) in [6, 6.07) is 72.5. The molecule has 11 aromatic rings. The van der Waals surface area contributed by atoms with Crippen molar-refractivity contribution >= 4 is 43.5 Å². The van der Waals surface area contributed by atoms with Crippen molar-refractivity contribution in [1.82, 2.24) is 19.5 Å². The molecule has 11 rings (SSSR count). The summed E-state index contributed by atoms with van der Waals surface area (Å²) in [7, 11) is 0. The largest absolute Gasteiger partial charge is 0.309 e. The Morgan fingerprint density at radius 1 is 0.333 bits per heavy atom. The quantitative estimate of drug-likeness (QED) is 0.160. The van der Waals surface area contributed by atoms with E-state index in [1.165, 1.54) is 27.2 Å². The van der Waals surface area contributed by atoms with Crippen LogP contribution < -0.4 is 0 Å². The summed E-state index contributed by atoms with van der Waals surface area (Å²) in [5.41, 5.74) is 13.6. The summed E-state index contributed by atoms with van der Waals surface area (Å²) in [5.74, 6) is 0.690. The zero-order valence-corrected chi connectivity index (χ0v) is 30.9. The lowest BCUT2D eigenvalue weighted by Crippen LogP contribution is -1.98. The molecule has 0 atom stereocenters. The normalized spacial score (nSPS) is 11.5. The number of para-hydroxylation sites is 2. The van der Waals surface area contributed by atoms with Gasteiger partial charge in [0.1, 0.15) is 0 Å². The Hall–Kier alpha value is -7.69. The van der Waals surface area contributed by atoms with Gasteiger partial charge in [-0.3, -0.25) is 0 Å². The van der Waals surface area contributed by atoms with E-state index in [1.807, 2.05) is 24.3 Å². The number of hydrogen-bond acceptors (Lipinski definition) is 3. The Labute approximate surface area is 330 Å². The van der Waals surface area contributed by atoms with Crippen LogP contribution >= 0.6 is 0 Å². The molecular weight excluding hydrogens is 693 g/mol. The zero-order valence-electron chi connectivity index (χ0n) is 30.9. The number of pyridine rings is 1. The number of nitrogens with zero attached hydrogens (tertiary/aromatic N) is 4. The molecular formula is C53H34N4. The predicted octanol–water partition coefficient (Wildman–Crippen LogP) is 13.6. The van der Waals surface area contributed by atoms with Crippen molar-refractivity contribution < 1.29 is 0 Å². The van der Waals surface area contributed by atoms with Crippen LogP contribution in [-0.2, 0) is 0 Å².